The van der Waals surface area contributed by atoms with E-state index in [0.29, 0.717) is 12.1 Å². The highest BCUT2D eigenvalue weighted by Gasteiger charge is 2.07. The minimum atomic E-state index is 0.350. The van der Waals surface area contributed by atoms with Crippen molar-refractivity contribution in [1.82, 2.24) is 5.32 Å². The number of ether oxygens (including phenoxy) is 1. The fourth-order valence-electron chi connectivity index (χ4n) is 1.29. The molecule has 80 valence electrons. The third-order valence-corrected chi connectivity index (χ3v) is 2.03. The van der Waals surface area contributed by atoms with Crippen molar-refractivity contribution >= 4 is 0 Å². The normalized spacial score (nSPS) is 13.6. The molecule has 1 atom stereocenters. The maximum Gasteiger partial charge on any atom is 0.0623 e. The van der Waals surface area contributed by atoms with Crippen LogP contribution in [0.4, 0.5) is 0 Å². The molecule has 2 heteroatoms. The average Bonchev–Trinajstić information content (AvgIpc) is 2.09. The van der Waals surface area contributed by atoms with Crippen LogP contribution in [0.25, 0.3) is 0 Å². The molecule has 0 aromatic rings. The molecule has 0 aliphatic rings. The fraction of sp³-hybridized carbons (Fsp3) is 1.00. The Morgan fingerprint density at radius 1 is 1.23 bits per heavy atom. The Kier molecular flexibility index (Phi) is 8.46. The van der Waals surface area contributed by atoms with Crippen LogP contribution < -0.4 is 5.32 Å². The van der Waals surface area contributed by atoms with Gasteiger partial charge in [0.1, 0.15) is 0 Å². The molecule has 13 heavy (non-hydrogen) atoms. The molecule has 2 nitrogen and oxygen atoms in total. The zero-order valence-electron chi connectivity index (χ0n) is 9.60. The van der Waals surface area contributed by atoms with Crippen LogP contribution in [-0.4, -0.2) is 25.3 Å². The van der Waals surface area contributed by atoms with Gasteiger partial charge >= 0.3 is 0 Å². The number of unbranched alkanes of at least 4 members (excludes halogenated alkanes) is 1. The van der Waals surface area contributed by atoms with Crippen molar-refractivity contribution in [2.24, 2.45) is 0 Å². The van der Waals surface area contributed by atoms with Crippen LogP contribution in [0.2, 0.25) is 0 Å². The van der Waals surface area contributed by atoms with Crippen LogP contribution in [-0.2, 0) is 4.74 Å². The first-order valence-electron chi connectivity index (χ1n) is 5.55. The van der Waals surface area contributed by atoms with Crippen molar-refractivity contribution in [1.29, 1.82) is 0 Å². The van der Waals surface area contributed by atoms with E-state index in [4.69, 9.17) is 4.74 Å². The van der Waals surface area contributed by atoms with E-state index in [9.17, 15) is 0 Å². The van der Waals surface area contributed by atoms with Crippen LogP contribution in [0, 0.1) is 0 Å². The van der Waals surface area contributed by atoms with Gasteiger partial charge in [0.15, 0.2) is 0 Å². The molecule has 0 aromatic heterocycles. The summed E-state index contributed by atoms with van der Waals surface area (Å²) >= 11 is 0. The highest BCUT2D eigenvalue weighted by atomic mass is 16.5. The Labute approximate surface area is 83.1 Å². The second kappa shape index (κ2) is 8.52. The van der Waals surface area contributed by atoms with E-state index in [1.807, 2.05) is 0 Å². The van der Waals surface area contributed by atoms with Gasteiger partial charge in [0.25, 0.3) is 0 Å². The molecule has 0 saturated heterocycles. The van der Waals surface area contributed by atoms with Crippen LogP contribution >= 0.6 is 0 Å². The maximum absolute atomic E-state index is 5.59. The van der Waals surface area contributed by atoms with E-state index in [1.165, 1.54) is 19.3 Å². The third kappa shape index (κ3) is 8.26. The van der Waals surface area contributed by atoms with Crippen LogP contribution in [0.1, 0.15) is 47.0 Å². The van der Waals surface area contributed by atoms with Crippen LogP contribution in [0.15, 0.2) is 0 Å². The number of hydrogen-bond donors (Lipinski definition) is 1. The average molecular weight is 187 g/mol. The van der Waals surface area contributed by atoms with Crippen molar-refractivity contribution in [3.05, 3.63) is 0 Å². The summed E-state index contributed by atoms with van der Waals surface area (Å²) in [6.45, 7) is 10.4. The molecule has 0 amide bonds. The van der Waals surface area contributed by atoms with Gasteiger partial charge < -0.3 is 10.1 Å². The molecule has 0 aliphatic carbocycles. The second-order valence-corrected chi connectivity index (χ2v) is 3.78. The Morgan fingerprint density at radius 2 is 1.92 bits per heavy atom. The molecule has 1 unspecified atom stereocenters. The number of rotatable bonds is 8. The van der Waals surface area contributed by atoms with E-state index in [2.05, 4.69) is 33.0 Å². The quantitative estimate of drug-likeness (QED) is 0.630. The molecule has 0 aliphatic heterocycles. The molecule has 0 rings (SSSR count). The summed E-state index contributed by atoms with van der Waals surface area (Å²) < 4.78 is 5.59. The molecule has 0 bridgehead atoms. The van der Waals surface area contributed by atoms with Gasteiger partial charge in [0.2, 0.25) is 0 Å². The molecule has 0 heterocycles. The SMILES string of the molecule is CCCCC(COC(C)C)NCC. The standard InChI is InChI=1S/C11H25NO/c1-5-7-8-11(12-6-2)9-13-10(3)4/h10-12H,5-9H2,1-4H3. The topological polar surface area (TPSA) is 21.3 Å². The minimum absolute atomic E-state index is 0.350. The molecule has 0 spiro atoms. The van der Waals surface area contributed by atoms with Crippen molar-refractivity contribution in [3.63, 3.8) is 0 Å². The molecule has 1 N–H and O–H groups in total. The van der Waals surface area contributed by atoms with Crippen molar-refractivity contribution < 1.29 is 4.74 Å². The zero-order chi connectivity index (χ0) is 10.1. The summed E-state index contributed by atoms with van der Waals surface area (Å²) in [5.41, 5.74) is 0. The lowest BCUT2D eigenvalue weighted by molar-refractivity contribution is 0.0594. The predicted molar refractivity (Wildman–Crippen MR) is 58.1 cm³/mol. The summed E-state index contributed by atoms with van der Waals surface area (Å²) in [7, 11) is 0. The van der Waals surface area contributed by atoms with Gasteiger partial charge in [-0.1, -0.05) is 26.7 Å². The monoisotopic (exact) mass is 187 g/mol. The smallest absolute Gasteiger partial charge is 0.0623 e. The van der Waals surface area contributed by atoms with Crippen LogP contribution in [0.5, 0.6) is 0 Å². The van der Waals surface area contributed by atoms with Crippen molar-refractivity contribution in [2.75, 3.05) is 13.2 Å². The van der Waals surface area contributed by atoms with Gasteiger partial charge in [0.05, 0.1) is 12.7 Å². The third-order valence-electron chi connectivity index (χ3n) is 2.03. The minimum Gasteiger partial charge on any atom is -0.377 e. The summed E-state index contributed by atoms with van der Waals surface area (Å²) in [5.74, 6) is 0. The summed E-state index contributed by atoms with van der Waals surface area (Å²) in [4.78, 5) is 0. The Morgan fingerprint density at radius 3 is 2.38 bits per heavy atom. The van der Waals surface area contributed by atoms with Gasteiger partial charge in [-0.25, -0.2) is 0 Å². The first-order chi connectivity index (χ1) is 6.20. The van der Waals surface area contributed by atoms with E-state index in [0.717, 1.165) is 13.2 Å². The molecule has 0 aromatic carbocycles. The number of likely N-dealkylation sites (N-methyl/N-ethyl adjacent to an activating group) is 1. The lowest BCUT2D eigenvalue weighted by atomic mass is 10.1. The van der Waals surface area contributed by atoms with Crippen molar-refractivity contribution in [3.8, 4) is 0 Å². The summed E-state index contributed by atoms with van der Waals surface area (Å²) in [6, 6.07) is 0.548. The van der Waals surface area contributed by atoms with Gasteiger partial charge in [0, 0.05) is 6.04 Å². The maximum atomic E-state index is 5.59. The fourth-order valence-corrected chi connectivity index (χ4v) is 1.29. The van der Waals surface area contributed by atoms with Gasteiger partial charge in [-0.2, -0.15) is 0 Å². The van der Waals surface area contributed by atoms with Crippen molar-refractivity contribution in [2.45, 2.75) is 59.1 Å². The number of nitrogens with one attached hydrogen (secondary N) is 1. The van der Waals surface area contributed by atoms with Crippen LogP contribution in [0.3, 0.4) is 0 Å². The molecule has 0 saturated carbocycles. The highest BCUT2D eigenvalue weighted by Crippen LogP contribution is 2.02. The summed E-state index contributed by atoms with van der Waals surface area (Å²) in [6.07, 6.45) is 4.14. The molecule has 0 fully saturated rings. The highest BCUT2D eigenvalue weighted by molar-refractivity contribution is 4.65. The lowest BCUT2D eigenvalue weighted by Gasteiger charge is -2.19. The van der Waals surface area contributed by atoms with E-state index >= 15 is 0 Å². The Bertz CT molecular complexity index is 104. The molecular formula is C11H25NO. The van der Waals surface area contributed by atoms with E-state index in [-0.39, 0.29) is 0 Å². The largest absolute Gasteiger partial charge is 0.377 e. The van der Waals surface area contributed by atoms with E-state index < -0.39 is 0 Å². The first kappa shape index (κ1) is 12.9. The van der Waals surface area contributed by atoms with Gasteiger partial charge in [-0.15, -0.1) is 0 Å². The molecule has 0 radical (unpaired) electrons. The lowest BCUT2D eigenvalue weighted by Crippen LogP contribution is -2.34. The molecular weight excluding hydrogens is 162 g/mol. The Balaban J connectivity index is 3.53. The second-order valence-electron chi connectivity index (χ2n) is 3.78. The Hall–Kier alpha value is -0.0800. The van der Waals surface area contributed by atoms with Gasteiger partial charge in [-0.3, -0.25) is 0 Å². The number of hydrogen-bond acceptors (Lipinski definition) is 2. The predicted octanol–water partition coefficient (Wildman–Crippen LogP) is 2.58. The first-order valence-corrected chi connectivity index (χ1v) is 5.55. The zero-order valence-corrected chi connectivity index (χ0v) is 9.60. The van der Waals surface area contributed by atoms with Gasteiger partial charge in [-0.05, 0) is 26.8 Å². The summed E-state index contributed by atoms with van der Waals surface area (Å²) in [5, 5.41) is 3.45. The van der Waals surface area contributed by atoms with E-state index in [1.54, 1.807) is 0 Å².